The summed E-state index contributed by atoms with van der Waals surface area (Å²) >= 11 is 12.0. The van der Waals surface area contributed by atoms with Crippen molar-refractivity contribution in [2.24, 2.45) is 0 Å². The van der Waals surface area contributed by atoms with E-state index in [1.807, 2.05) is 0 Å². The van der Waals surface area contributed by atoms with Crippen LogP contribution >= 0.6 is 23.2 Å². The number of benzene rings is 2. The van der Waals surface area contributed by atoms with Crippen LogP contribution in [0.4, 0.5) is 0 Å². The predicted molar refractivity (Wildman–Crippen MR) is 202 cm³/mol. The van der Waals surface area contributed by atoms with E-state index >= 15 is 0 Å². The lowest BCUT2D eigenvalue weighted by Gasteiger charge is -2.09. The number of ketones is 2. The summed E-state index contributed by atoms with van der Waals surface area (Å²) in [4.78, 5) is 74.6. The molecule has 0 aliphatic rings. The standard InChI is InChI=1S/2C19H21ClN2O6/c1-5-28-18(24)16-13(10-26-3)17(19(25)27-4)22(21-16)9-15(23)12-6-7-14(20)11(2)8-12;1-5-28-19(25)17-13(10-26-3)16(18(24)27-4)21-22(17)9-15(23)12-6-7-14(20)11(2)8-12/h2*6-8H,5,9-10H2,1-4H3. The summed E-state index contributed by atoms with van der Waals surface area (Å²) < 4.78 is 32.1. The third-order valence-electron chi connectivity index (χ3n) is 7.92. The van der Waals surface area contributed by atoms with Gasteiger partial charge in [0.05, 0.1) is 40.6 Å². The fraction of sp³-hybridized carbons (Fsp3) is 0.368. The first kappa shape index (κ1) is 45.0. The summed E-state index contributed by atoms with van der Waals surface area (Å²) in [5.41, 5.74) is 2.44. The molecule has 0 saturated heterocycles. The Labute approximate surface area is 332 Å². The maximum Gasteiger partial charge on any atom is 0.359 e. The van der Waals surface area contributed by atoms with E-state index in [9.17, 15) is 28.8 Å². The first-order chi connectivity index (χ1) is 26.7. The minimum absolute atomic E-state index is 0.0249. The number of Topliss-reactive ketones (excluding diaryl/α,β-unsaturated/α-hetero) is 2. The number of aromatic nitrogens is 4. The number of nitrogens with zero attached hydrogens (tertiary/aromatic N) is 4. The average Bonchev–Trinajstić information content (AvgIpc) is 3.71. The molecular formula is C38H42Cl2N4O12. The van der Waals surface area contributed by atoms with Gasteiger partial charge >= 0.3 is 23.9 Å². The molecule has 0 atom stereocenters. The van der Waals surface area contributed by atoms with E-state index in [2.05, 4.69) is 10.2 Å². The molecule has 0 N–H and O–H groups in total. The Morgan fingerprint density at radius 2 is 0.982 bits per heavy atom. The Morgan fingerprint density at radius 1 is 0.589 bits per heavy atom. The number of carbonyl (C=O) groups is 6. The van der Waals surface area contributed by atoms with Gasteiger partial charge in [-0.25, -0.2) is 28.5 Å². The number of methoxy groups -OCH3 is 4. The number of halogens is 2. The Kier molecular flexibility index (Phi) is 16.9. The van der Waals surface area contributed by atoms with E-state index in [-0.39, 0.29) is 85.0 Å². The van der Waals surface area contributed by atoms with Gasteiger partial charge in [-0.05, 0) is 75.2 Å². The molecule has 18 heteroatoms. The summed E-state index contributed by atoms with van der Waals surface area (Å²) in [6.07, 6.45) is 0. The second-order valence-electron chi connectivity index (χ2n) is 11.7. The molecule has 4 aromatic rings. The Bertz CT molecular complexity index is 2100. The molecule has 0 aliphatic carbocycles. The molecule has 0 spiro atoms. The van der Waals surface area contributed by atoms with Crippen molar-refractivity contribution in [1.29, 1.82) is 0 Å². The van der Waals surface area contributed by atoms with E-state index in [4.69, 9.17) is 51.6 Å². The first-order valence-electron chi connectivity index (χ1n) is 16.9. The highest BCUT2D eigenvalue weighted by molar-refractivity contribution is 6.31. The summed E-state index contributed by atoms with van der Waals surface area (Å²) in [5.74, 6) is -3.54. The van der Waals surface area contributed by atoms with Crippen molar-refractivity contribution in [3.8, 4) is 0 Å². The van der Waals surface area contributed by atoms with Crippen molar-refractivity contribution < 1.29 is 57.2 Å². The fourth-order valence-electron chi connectivity index (χ4n) is 5.26. The second-order valence-corrected chi connectivity index (χ2v) is 12.5. The van der Waals surface area contributed by atoms with Crippen LogP contribution in [-0.2, 0) is 54.7 Å². The molecule has 2 aromatic heterocycles. The molecule has 0 saturated carbocycles. The van der Waals surface area contributed by atoms with Gasteiger partial charge in [0, 0.05) is 46.5 Å². The van der Waals surface area contributed by atoms with Crippen LogP contribution < -0.4 is 0 Å². The largest absolute Gasteiger partial charge is 0.464 e. The lowest BCUT2D eigenvalue weighted by atomic mass is 10.1. The van der Waals surface area contributed by atoms with Gasteiger partial charge in [-0.3, -0.25) is 9.59 Å². The van der Waals surface area contributed by atoms with E-state index in [0.717, 1.165) is 20.5 Å². The van der Waals surface area contributed by atoms with Crippen molar-refractivity contribution in [1.82, 2.24) is 19.6 Å². The van der Waals surface area contributed by atoms with Crippen molar-refractivity contribution in [2.45, 2.75) is 54.0 Å². The topological polar surface area (TPSA) is 193 Å². The third kappa shape index (κ3) is 10.9. The molecule has 0 unspecified atom stereocenters. The number of ether oxygens (including phenoxy) is 6. The summed E-state index contributed by atoms with van der Waals surface area (Å²) in [7, 11) is 5.22. The van der Waals surface area contributed by atoms with Crippen molar-refractivity contribution in [3.63, 3.8) is 0 Å². The van der Waals surface area contributed by atoms with Gasteiger partial charge in [0.15, 0.2) is 34.3 Å². The number of hydrogen-bond donors (Lipinski definition) is 0. The van der Waals surface area contributed by atoms with E-state index in [1.165, 1.54) is 28.4 Å². The molecule has 0 amide bonds. The smallest absolute Gasteiger partial charge is 0.359 e. The maximum atomic E-state index is 12.7. The minimum Gasteiger partial charge on any atom is -0.464 e. The van der Waals surface area contributed by atoms with Crippen LogP contribution in [0.3, 0.4) is 0 Å². The van der Waals surface area contributed by atoms with Gasteiger partial charge in [-0.1, -0.05) is 23.2 Å². The van der Waals surface area contributed by atoms with Crippen LogP contribution in [0.15, 0.2) is 36.4 Å². The van der Waals surface area contributed by atoms with Crippen LogP contribution in [0.1, 0.15) is 98.8 Å². The average molecular weight is 818 g/mol. The van der Waals surface area contributed by atoms with Crippen LogP contribution in [0.5, 0.6) is 0 Å². The molecule has 300 valence electrons. The number of rotatable bonds is 16. The lowest BCUT2D eigenvalue weighted by Crippen LogP contribution is -2.19. The molecule has 16 nitrogen and oxygen atoms in total. The number of hydrogen-bond acceptors (Lipinski definition) is 14. The zero-order valence-electron chi connectivity index (χ0n) is 32.2. The Hall–Kier alpha value is -5.42. The van der Waals surface area contributed by atoms with Crippen LogP contribution in [0, 0.1) is 13.8 Å². The van der Waals surface area contributed by atoms with Crippen LogP contribution in [0.25, 0.3) is 0 Å². The molecule has 2 aromatic carbocycles. The number of esters is 4. The minimum atomic E-state index is -0.744. The first-order valence-corrected chi connectivity index (χ1v) is 17.7. The monoisotopic (exact) mass is 816 g/mol. The van der Waals surface area contributed by atoms with E-state index in [1.54, 1.807) is 64.1 Å². The van der Waals surface area contributed by atoms with Crippen molar-refractivity contribution >= 4 is 58.6 Å². The van der Waals surface area contributed by atoms with Gasteiger partial charge in [0.1, 0.15) is 13.1 Å². The van der Waals surface area contributed by atoms with Gasteiger partial charge in [-0.15, -0.1) is 0 Å². The fourth-order valence-corrected chi connectivity index (χ4v) is 5.49. The SMILES string of the molecule is CCOC(=O)c1c(COC)c(C(=O)OC)nn1CC(=O)c1ccc(Cl)c(C)c1.CCOC(=O)c1nn(CC(=O)c2ccc(Cl)c(C)c2)c(C(=O)OC)c1COC. The number of aryl methyl sites for hydroxylation is 2. The second kappa shape index (κ2) is 21.0. The van der Waals surface area contributed by atoms with Gasteiger partial charge < -0.3 is 28.4 Å². The van der Waals surface area contributed by atoms with Crippen molar-refractivity contribution in [2.75, 3.05) is 41.7 Å². The highest BCUT2D eigenvalue weighted by atomic mass is 35.5. The maximum absolute atomic E-state index is 12.7. The zero-order valence-corrected chi connectivity index (χ0v) is 33.7. The highest BCUT2D eigenvalue weighted by Crippen LogP contribution is 2.23. The van der Waals surface area contributed by atoms with E-state index in [0.29, 0.717) is 21.2 Å². The van der Waals surface area contributed by atoms with Gasteiger partial charge in [0.2, 0.25) is 0 Å². The van der Waals surface area contributed by atoms with Crippen LogP contribution in [-0.4, -0.2) is 96.7 Å². The van der Waals surface area contributed by atoms with Crippen molar-refractivity contribution in [3.05, 3.63) is 103 Å². The molecule has 0 fully saturated rings. The van der Waals surface area contributed by atoms with E-state index < -0.39 is 23.9 Å². The normalized spacial score (nSPS) is 10.6. The molecule has 0 radical (unpaired) electrons. The third-order valence-corrected chi connectivity index (χ3v) is 8.77. The molecule has 56 heavy (non-hydrogen) atoms. The van der Waals surface area contributed by atoms with Crippen LogP contribution in [0.2, 0.25) is 10.0 Å². The highest BCUT2D eigenvalue weighted by Gasteiger charge is 2.31. The summed E-state index contributed by atoms with van der Waals surface area (Å²) in [6, 6.07) is 9.71. The quantitative estimate of drug-likeness (QED) is 0.0762. The molecule has 2 heterocycles. The van der Waals surface area contributed by atoms with Gasteiger partial charge in [-0.2, -0.15) is 10.2 Å². The summed E-state index contributed by atoms with van der Waals surface area (Å²) in [6.45, 7) is 6.41. The molecule has 0 bridgehead atoms. The van der Waals surface area contributed by atoms with Gasteiger partial charge in [0.25, 0.3) is 0 Å². The molecule has 4 rings (SSSR count). The predicted octanol–water partition coefficient (Wildman–Crippen LogP) is 5.68. The summed E-state index contributed by atoms with van der Waals surface area (Å²) in [5, 5.41) is 9.34. The molecule has 0 aliphatic heterocycles. The lowest BCUT2D eigenvalue weighted by molar-refractivity contribution is 0.0499. The molecular weight excluding hydrogens is 775 g/mol. The number of carbonyl (C=O) groups excluding carboxylic acids is 6. The Morgan fingerprint density at radius 3 is 1.36 bits per heavy atom. The zero-order chi connectivity index (χ0) is 41.7. The Balaban J connectivity index is 0.000000300.